The van der Waals surface area contributed by atoms with Crippen LogP contribution >= 0.6 is 11.6 Å². The van der Waals surface area contributed by atoms with E-state index >= 15 is 0 Å². The fourth-order valence-corrected chi connectivity index (χ4v) is 2.62. The topological polar surface area (TPSA) is 66.8 Å². The minimum Gasteiger partial charge on any atom is -0.484 e. The van der Waals surface area contributed by atoms with Gasteiger partial charge >= 0.3 is 5.97 Å². The van der Waals surface area contributed by atoms with Gasteiger partial charge in [0.15, 0.2) is 6.61 Å². The number of amides is 1. The number of carbonyl (C=O) groups excluding carboxylic acids is 1. The highest BCUT2D eigenvalue weighted by atomic mass is 35.5. The summed E-state index contributed by atoms with van der Waals surface area (Å²) in [6, 6.07) is 3.81. The second-order valence-corrected chi connectivity index (χ2v) is 5.78. The Morgan fingerprint density at radius 3 is 2.82 bits per heavy atom. The van der Waals surface area contributed by atoms with Crippen LogP contribution in [0.3, 0.4) is 0 Å². The van der Waals surface area contributed by atoms with E-state index in [1.165, 1.54) is 17.0 Å². The summed E-state index contributed by atoms with van der Waals surface area (Å²) in [4.78, 5) is 24.8. The third kappa shape index (κ3) is 3.88. The summed E-state index contributed by atoms with van der Waals surface area (Å²) in [5.41, 5.74) is 0. The molecule has 1 saturated heterocycles. The van der Waals surface area contributed by atoms with E-state index in [0.29, 0.717) is 18.6 Å². The molecule has 0 spiro atoms. The zero-order chi connectivity index (χ0) is 16.3. The molecule has 2 atom stereocenters. The summed E-state index contributed by atoms with van der Waals surface area (Å²) in [5, 5.41) is 8.99. The molecular formula is C15H17ClFNO4. The molecule has 1 N–H and O–H groups in total. The van der Waals surface area contributed by atoms with E-state index in [4.69, 9.17) is 21.4 Å². The number of ether oxygens (including phenoxy) is 1. The minimum absolute atomic E-state index is 0.0245. The average Bonchev–Trinajstić information content (AvgIpc) is 2.48. The number of hydrogen-bond donors (Lipinski definition) is 1. The molecule has 0 radical (unpaired) electrons. The number of halogens is 2. The van der Waals surface area contributed by atoms with Gasteiger partial charge in [-0.15, -0.1) is 0 Å². The lowest BCUT2D eigenvalue weighted by atomic mass is 9.93. The highest BCUT2D eigenvalue weighted by Gasteiger charge is 2.32. The lowest BCUT2D eigenvalue weighted by Crippen LogP contribution is -2.49. The molecule has 7 heteroatoms. The van der Waals surface area contributed by atoms with Crippen LogP contribution in [0.4, 0.5) is 4.39 Å². The molecular weight excluding hydrogens is 313 g/mol. The number of hydrogen-bond acceptors (Lipinski definition) is 3. The SMILES string of the molecule is CC1CCC(C(=O)O)CN1C(=O)COc1ccc(F)c(Cl)c1. The average molecular weight is 330 g/mol. The molecule has 2 rings (SSSR count). The molecule has 1 aromatic carbocycles. The van der Waals surface area contributed by atoms with Crippen LogP contribution in [0.15, 0.2) is 18.2 Å². The standard InChI is InChI=1S/C15H17ClFNO4/c1-9-2-3-10(15(20)21)7-18(9)14(19)8-22-11-4-5-13(17)12(16)6-11/h4-6,9-10H,2-3,7-8H2,1H3,(H,20,21). The zero-order valence-electron chi connectivity index (χ0n) is 12.1. The lowest BCUT2D eigenvalue weighted by Gasteiger charge is -2.36. The van der Waals surface area contributed by atoms with Crippen molar-refractivity contribution in [3.05, 3.63) is 29.0 Å². The summed E-state index contributed by atoms with van der Waals surface area (Å²) in [7, 11) is 0. The fraction of sp³-hybridized carbons (Fsp3) is 0.467. The summed E-state index contributed by atoms with van der Waals surface area (Å²) < 4.78 is 18.4. The lowest BCUT2D eigenvalue weighted by molar-refractivity contribution is -0.147. The van der Waals surface area contributed by atoms with Gasteiger partial charge in [-0.05, 0) is 31.9 Å². The first-order valence-corrected chi connectivity index (χ1v) is 7.36. The predicted molar refractivity (Wildman–Crippen MR) is 78.4 cm³/mol. The number of rotatable bonds is 4. The molecule has 2 unspecified atom stereocenters. The van der Waals surface area contributed by atoms with Gasteiger partial charge in [0.05, 0.1) is 10.9 Å². The highest BCUT2D eigenvalue weighted by molar-refractivity contribution is 6.30. The maximum absolute atomic E-state index is 13.0. The first-order chi connectivity index (χ1) is 10.4. The number of carboxylic acids is 1. The van der Waals surface area contributed by atoms with Gasteiger partial charge in [-0.3, -0.25) is 9.59 Å². The quantitative estimate of drug-likeness (QED) is 0.922. The Labute approximate surface area is 132 Å². The van der Waals surface area contributed by atoms with Crippen LogP contribution in [0, 0.1) is 11.7 Å². The van der Waals surface area contributed by atoms with Crippen LogP contribution in [0.25, 0.3) is 0 Å². The third-order valence-corrected chi connectivity index (χ3v) is 4.09. The van der Waals surface area contributed by atoms with Gasteiger partial charge in [0.25, 0.3) is 5.91 Å². The molecule has 1 fully saturated rings. The van der Waals surface area contributed by atoms with Crippen molar-refractivity contribution < 1.29 is 23.8 Å². The minimum atomic E-state index is -0.893. The van der Waals surface area contributed by atoms with Gasteiger partial charge in [0.2, 0.25) is 0 Å². The largest absolute Gasteiger partial charge is 0.484 e. The van der Waals surface area contributed by atoms with Crippen molar-refractivity contribution in [2.24, 2.45) is 5.92 Å². The smallest absolute Gasteiger partial charge is 0.308 e. The Kier molecular flexibility index (Phi) is 5.24. The number of benzene rings is 1. The van der Waals surface area contributed by atoms with Crippen LogP contribution < -0.4 is 4.74 Å². The molecule has 0 saturated carbocycles. The number of piperidine rings is 1. The monoisotopic (exact) mass is 329 g/mol. The number of carboxylic acid groups (broad SMARTS) is 1. The Hall–Kier alpha value is -1.82. The number of nitrogens with zero attached hydrogens (tertiary/aromatic N) is 1. The number of likely N-dealkylation sites (tertiary alicyclic amines) is 1. The molecule has 0 bridgehead atoms. The second kappa shape index (κ2) is 6.96. The van der Waals surface area contributed by atoms with E-state index in [9.17, 15) is 14.0 Å². The van der Waals surface area contributed by atoms with E-state index in [2.05, 4.69) is 0 Å². The van der Waals surface area contributed by atoms with E-state index < -0.39 is 17.7 Å². The zero-order valence-corrected chi connectivity index (χ0v) is 12.8. The van der Waals surface area contributed by atoms with E-state index in [0.717, 1.165) is 6.07 Å². The van der Waals surface area contributed by atoms with Gasteiger partial charge in [-0.25, -0.2) is 4.39 Å². The van der Waals surface area contributed by atoms with Gasteiger partial charge < -0.3 is 14.7 Å². The van der Waals surface area contributed by atoms with Crippen molar-refractivity contribution in [2.45, 2.75) is 25.8 Å². The van der Waals surface area contributed by atoms with Crippen LogP contribution in [0.5, 0.6) is 5.75 Å². The normalized spacial score (nSPS) is 21.5. The summed E-state index contributed by atoms with van der Waals surface area (Å²) in [6.45, 7) is 1.83. The van der Waals surface area contributed by atoms with Crippen molar-refractivity contribution in [3.8, 4) is 5.75 Å². The molecule has 1 amide bonds. The Balaban J connectivity index is 1.95. The van der Waals surface area contributed by atoms with Crippen LogP contribution in [-0.2, 0) is 9.59 Å². The van der Waals surface area contributed by atoms with Crippen molar-refractivity contribution >= 4 is 23.5 Å². The fourth-order valence-electron chi connectivity index (χ4n) is 2.45. The summed E-state index contributed by atoms with van der Waals surface area (Å²) >= 11 is 5.64. The first kappa shape index (κ1) is 16.5. The highest BCUT2D eigenvalue weighted by Crippen LogP contribution is 2.23. The maximum atomic E-state index is 13.0. The van der Waals surface area contributed by atoms with E-state index in [1.807, 2.05) is 6.92 Å². The van der Waals surface area contributed by atoms with Crippen LogP contribution in [0.1, 0.15) is 19.8 Å². The molecule has 5 nitrogen and oxygen atoms in total. The molecule has 1 heterocycles. The first-order valence-electron chi connectivity index (χ1n) is 6.98. The van der Waals surface area contributed by atoms with E-state index in [1.54, 1.807) is 0 Å². The van der Waals surface area contributed by atoms with Crippen molar-refractivity contribution in [1.82, 2.24) is 4.90 Å². The molecule has 1 aromatic rings. The Morgan fingerprint density at radius 1 is 1.45 bits per heavy atom. The molecule has 0 aromatic heterocycles. The van der Waals surface area contributed by atoms with E-state index in [-0.39, 0.29) is 30.1 Å². The van der Waals surface area contributed by atoms with Gasteiger partial charge in [-0.2, -0.15) is 0 Å². The predicted octanol–water partition coefficient (Wildman–Crippen LogP) is 2.57. The van der Waals surface area contributed by atoms with Gasteiger partial charge in [-0.1, -0.05) is 11.6 Å². The second-order valence-electron chi connectivity index (χ2n) is 5.37. The van der Waals surface area contributed by atoms with Crippen molar-refractivity contribution in [1.29, 1.82) is 0 Å². The molecule has 1 aliphatic heterocycles. The summed E-state index contributed by atoms with van der Waals surface area (Å²) in [5.74, 6) is -2.00. The Morgan fingerprint density at radius 2 is 2.18 bits per heavy atom. The van der Waals surface area contributed by atoms with Gasteiger partial charge in [0.1, 0.15) is 11.6 Å². The number of carbonyl (C=O) groups is 2. The Bertz CT molecular complexity index is 581. The molecule has 120 valence electrons. The van der Waals surface area contributed by atoms with Crippen molar-refractivity contribution in [2.75, 3.05) is 13.2 Å². The van der Waals surface area contributed by atoms with Crippen LogP contribution in [-0.4, -0.2) is 41.1 Å². The molecule has 0 aliphatic carbocycles. The maximum Gasteiger partial charge on any atom is 0.308 e. The third-order valence-electron chi connectivity index (χ3n) is 3.81. The number of aliphatic carboxylic acids is 1. The van der Waals surface area contributed by atoms with Crippen LogP contribution in [0.2, 0.25) is 5.02 Å². The van der Waals surface area contributed by atoms with Crippen molar-refractivity contribution in [3.63, 3.8) is 0 Å². The van der Waals surface area contributed by atoms with Gasteiger partial charge in [0, 0.05) is 18.7 Å². The summed E-state index contributed by atoms with van der Waals surface area (Å²) in [6.07, 6.45) is 1.21. The molecule has 22 heavy (non-hydrogen) atoms. The molecule has 1 aliphatic rings.